The molecule has 9 heteroatoms. The molecular weight excluding hydrogens is 401 g/mol. The number of hydrogen-bond donors (Lipinski definition) is 2. The molecule has 0 saturated heterocycles. The fourth-order valence-electron chi connectivity index (χ4n) is 1.97. The lowest BCUT2D eigenvalue weighted by Crippen LogP contribution is -2.06. The van der Waals surface area contributed by atoms with Gasteiger partial charge in [-0.3, -0.25) is 5.43 Å². The molecule has 1 aromatic heterocycles. The summed E-state index contributed by atoms with van der Waals surface area (Å²) >= 11 is 18.0. The Balaban J connectivity index is 2.25. The lowest BCUT2D eigenvalue weighted by molar-refractivity contribution is 0.0691. The Morgan fingerprint density at radius 2 is 1.88 bits per heavy atom. The Labute approximate surface area is 165 Å². The number of aromatic nitrogens is 1. The number of halogens is 3. The molecule has 2 aromatic rings. The van der Waals surface area contributed by atoms with Crippen LogP contribution in [0.2, 0.25) is 15.2 Å². The summed E-state index contributed by atoms with van der Waals surface area (Å²) in [5.41, 5.74) is 3.81. The highest BCUT2D eigenvalue weighted by Crippen LogP contribution is 2.36. The molecule has 0 radical (unpaired) electrons. The molecule has 0 atom stereocenters. The van der Waals surface area contributed by atoms with Gasteiger partial charge in [-0.15, -0.1) is 0 Å². The van der Waals surface area contributed by atoms with Crippen molar-refractivity contribution in [3.8, 4) is 5.75 Å². The third-order valence-corrected chi connectivity index (χ3v) is 4.43. The molecule has 1 aromatic carbocycles. The Morgan fingerprint density at radius 3 is 2.46 bits per heavy atom. The standard InChI is InChI=1S/C17H16Cl3N3O3/c1-3-8-26-11-6-4-10(5-7-11)9(2)22-23-14-12(18)15(17(24)25)21-16(20)13(14)19/h4-7H,3,8H2,1-2H3,(H,21,23)(H,24,25)/b22-9+. The van der Waals surface area contributed by atoms with Gasteiger partial charge in [0.15, 0.2) is 10.8 Å². The van der Waals surface area contributed by atoms with E-state index in [9.17, 15) is 4.79 Å². The van der Waals surface area contributed by atoms with Crippen LogP contribution in [0.15, 0.2) is 29.4 Å². The first-order chi connectivity index (χ1) is 12.3. The van der Waals surface area contributed by atoms with Gasteiger partial charge in [-0.2, -0.15) is 5.10 Å². The summed E-state index contributed by atoms with van der Waals surface area (Å²) in [6, 6.07) is 7.40. The van der Waals surface area contributed by atoms with E-state index >= 15 is 0 Å². The minimum Gasteiger partial charge on any atom is -0.494 e. The molecule has 0 bridgehead atoms. The zero-order chi connectivity index (χ0) is 19.3. The third-order valence-electron chi connectivity index (χ3n) is 3.32. The minimum atomic E-state index is -1.32. The van der Waals surface area contributed by atoms with Crippen molar-refractivity contribution in [3.63, 3.8) is 0 Å². The van der Waals surface area contributed by atoms with Crippen LogP contribution < -0.4 is 10.2 Å². The van der Waals surface area contributed by atoms with Gasteiger partial charge in [0.05, 0.1) is 18.0 Å². The number of hydrogen-bond acceptors (Lipinski definition) is 5. The first-order valence-electron chi connectivity index (χ1n) is 7.66. The minimum absolute atomic E-state index is 0.0125. The van der Waals surface area contributed by atoms with E-state index in [0.29, 0.717) is 12.3 Å². The summed E-state index contributed by atoms with van der Waals surface area (Å²) in [5.74, 6) is -0.547. The monoisotopic (exact) mass is 415 g/mol. The van der Waals surface area contributed by atoms with Gasteiger partial charge in [-0.25, -0.2) is 9.78 Å². The zero-order valence-electron chi connectivity index (χ0n) is 14.0. The summed E-state index contributed by atoms with van der Waals surface area (Å²) in [6.07, 6.45) is 0.931. The molecule has 0 fully saturated rings. The zero-order valence-corrected chi connectivity index (χ0v) is 16.3. The van der Waals surface area contributed by atoms with Gasteiger partial charge in [-0.1, -0.05) is 41.7 Å². The largest absolute Gasteiger partial charge is 0.494 e. The van der Waals surface area contributed by atoms with Crippen molar-refractivity contribution in [2.45, 2.75) is 20.3 Å². The van der Waals surface area contributed by atoms with Crippen LogP contribution in [0.4, 0.5) is 5.69 Å². The van der Waals surface area contributed by atoms with E-state index in [-0.39, 0.29) is 20.9 Å². The molecule has 2 rings (SSSR count). The van der Waals surface area contributed by atoms with Gasteiger partial charge in [0, 0.05) is 0 Å². The summed E-state index contributed by atoms with van der Waals surface area (Å²) in [4.78, 5) is 14.8. The molecule has 1 heterocycles. The van der Waals surface area contributed by atoms with Crippen LogP contribution in [0, 0.1) is 0 Å². The summed E-state index contributed by atoms with van der Waals surface area (Å²) in [6.45, 7) is 4.46. The van der Waals surface area contributed by atoms with E-state index in [1.807, 2.05) is 31.2 Å². The second-order valence-electron chi connectivity index (χ2n) is 5.24. The van der Waals surface area contributed by atoms with Gasteiger partial charge in [0.1, 0.15) is 15.8 Å². The summed E-state index contributed by atoms with van der Waals surface area (Å²) < 4.78 is 5.53. The first-order valence-corrected chi connectivity index (χ1v) is 8.79. The van der Waals surface area contributed by atoms with Crippen LogP contribution in [0.5, 0.6) is 5.75 Å². The number of carbonyl (C=O) groups is 1. The number of nitrogens with one attached hydrogen (secondary N) is 1. The van der Waals surface area contributed by atoms with E-state index < -0.39 is 11.7 Å². The number of carboxylic acids is 1. The topological polar surface area (TPSA) is 83.8 Å². The number of nitrogens with zero attached hydrogens (tertiary/aromatic N) is 2. The molecule has 0 unspecified atom stereocenters. The Morgan fingerprint density at radius 1 is 1.23 bits per heavy atom. The van der Waals surface area contributed by atoms with Crippen LogP contribution in [0.3, 0.4) is 0 Å². The highest BCUT2D eigenvalue weighted by Gasteiger charge is 2.20. The highest BCUT2D eigenvalue weighted by atomic mass is 35.5. The average Bonchev–Trinajstić information content (AvgIpc) is 2.62. The fraction of sp³-hybridized carbons (Fsp3) is 0.235. The van der Waals surface area contributed by atoms with E-state index in [0.717, 1.165) is 17.7 Å². The van der Waals surface area contributed by atoms with Crippen LogP contribution in [-0.4, -0.2) is 28.4 Å². The molecule has 0 amide bonds. The van der Waals surface area contributed by atoms with Gasteiger partial charge in [0.2, 0.25) is 0 Å². The van der Waals surface area contributed by atoms with Crippen LogP contribution in [0.25, 0.3) is 0 Å². The quantitative estimate of drug-likeness (QED) is 0.360. The van der Waals surface area contributed by atoms with Crippen LogP contribution >= 0.6 is 34.8 Å². The molecule has 0 saturated carbocycles. The number of carboxylic acid groups (broad SMARTS) is 1. The number of rotatable bonds is 7. The average molecular weight is 417 g/mol. The van der Waals surface area contributed by atoms with Crippen molar-refractivity contribution < 1.29 is 14.6 Å². The van der Waals surface area contributed by atoms with E-state index in [2.05, 4.69) is 15.5 Å². The van der Waals surface area contributed by atoms with Crippen molar-refractivity contribution in [1.29, 1.82) is 0 Å². The smallest absolute Gasteiger partial charge is 0.356 e. The summed E-state index contributed by atoms with van der Waals surface area (Å²) in [5, 5.41) is 13.0. The van der Waals surface area contributed by atoms with E-state index in [4.69, 9.17) is 44.6 Å². The number of ether oxygens (including phenoxy) is 1. The van der Waals surface area contributed by atoms with Crippen molar-refractivity contribution in [3.05, 3.63) is 50.7 Å². The number of hydrazone groups is 1. The molecule has 0 aliphatic heterocycles. The van der Waals surface area contributed by atoms with E-state index in [1.165, 1.54) is 0 Å². The molecule has 6 nitrogen and oxygen atoms in total. The second-order valence-corrected chi connectivity index (χ2v) is 6.36. The van der Waals surface area contributed by atoms with Crippen LogP contribution in [-0.2, 0) is 0 Å². The van der Waals surface area contributed by atoms with Gasteiger partial charge >= 0.3 is 5.97 Å². The molecule has 0 aliphatic carbocycles. The molecule has 0 aliphatic rings. The normalized spacial score (nSPS) is 11.3. The highest BCUT2D eigenvalue weighted by molar-refractivity contribution is 6.46. The van der Waals surface area contributed by atoms with Crippen molar-refractivity contribution in [2.24, 2.45) is 5.10 Å². The predicted octanol–water partition coefficient (Wildman–Crippen LogP) is 5.36. The maximum Gasteiger partial charge on any atom is 0.356 e. The molecule has 26 heavy (non-hydrogen) atoms. The van der Waals surface area contributed by atoms with Crippen LogP contribution in [0.1, 0.15) is 36.3 Å². The molecule has 0 spiro atoms. The molecular formula is C17H16Cl3N3O3. The lowest BCUT2D eigenvalue weighted by Gasteiger charge is -2.11. The van der Waals surface area contributed by atoms with Gasteiger partial charge in [0.25, 0.3) is 0 Å². The third kappa shape index (κ3) is 4.78. The Hall–Kier alpha value is -2.02. The predicted molar refractivity (Wildman–Crippen MR) is 104 cm³/mol. The lowest BCUT2D eigenvalue weighted by atomic mass is 10.1. The van der Waals surface area contributed by atoms with E-state index in [1.54, 1.807) is 6.92 Å². The Kier molecular flexibility index (Phi) is 7.08. The maximum atomic E-state index is 11.2. The van der Waals surface area contributed by atoms with Crippen molar-refractivity contribution >= 4 is 52.2 Å². The van der Waals surface area contributed by atoms with Crippen molar-refractivity contribution in [2.75, 3.05) is 12.0 Å². The molecule has 2 N–H and O–H groups in total. The first kappa shape index (κ1) is 20.3. The second kappa shape index (κ2) is 9.07. The maximum absolute atomic E-state index is 11.2. The SMILES string of the molecule is CCCOc1ccc(/C(C)=N/Nc2c(Cl)c(Cl)nc(C(=O)O)c2Cl)cc1. The number of anilines is 1. The van der Waals surface area contributed by atoms with Gasteiger partial charge < -0.3 is 9.84 Å². The number of benzene rings is 1. The Bertz CT molecular complexity index is 839. The fourth-order valence-corrected chi connectivity index (χ4v) is 2.64. The summed E-state index contributed by atoms with van der Waals surface area (Å²) in [7, 11) is 0. The number of aromatic carboxylic acids is 1. The van der Waals surface area contributed by atoms with Crippen molar-refractivity contribution in [1.82, 2.24) is 4.98 Å². The molecule has 138 valence electrons. The number of pyridine rings is 1. The van der Waals surface area contributed by atoms with Gasteiger partial charge in [-0.05, 0) is 43.2 Å².